The zero-order valence-electron chi connectivity index (χ0n) is 11.5. The number of likely N-dealkylation sites (N-methyl/N-ethyl adjacent to an activating group) is 1. The lowest BCUT2D eigenvalue weighted by Gasteiger charge is -2.28. The lowest BCUT2D eigenvalue weighted by Crippen LogP contribution is -2.49. The summed E-state index contributed by atoms with van der Waals surface area (Å²) in [5.41, 5.74) is 0.781. The molecule has 0 saturated carbocycles. The maximum absolute atomic E-state index is 12.2. The third-order valence-electron chi connectivity index (χ3n) is 3.41. The van der Waals surface area contributed by atoms with Crippen molar-refractivity contribution in [3.63, 3.8) is 0 Å². The summed E-state index contributed by atoms with van der Waals surface area (Å²) in [6.07, 6.45) is 1.85. The number of hydrogen-bond acceptors (Lipinski definition) is 5. The summed E-state index contributed by atoms with van der Waals surface area (Å²) >= 11 is 0. The number of aromatic nitrogens is 3. The van der Waals surface area contributed by atoms with E-state index in [2.05, 4.69) is 15.4 Å². The van der Waals surface area contributed by atoms with Crippen LogP contribution in [0.5, 0.6) is 0 Å². The number of nitrogens with one attached hydrogen (secondary N) is 1. The highest BCUT2D eigenvalue weighted by atomic mass is 16.2. The second-order valence-electron chi connectivity index (χ2n) is 4.90. The number of amides is 1. The molecule has 0 aliphatic carbocycles. The van der Waals surface area contributed by atoms with Crippen molar-refractivity contribution < 1.29 is 4.79 Å². The fraction of sp³-hybridized carbons (Fsp3) is 0.462. The summed E-state index contributed by atoms with van der Waals surface area (Å²) in [5.74, 6) is 0.688. The molecule has 0 unspecified atom stereocenters. The van der Waals surface area contributed by atoms with E-state index in [0.717, 1.165) is 31.8 Å². The molecule has 3 heterocycles. The van der Waals surface area contributed by atoms with Crippen LogP contribution in [0.1, 0.15) is 0 Å². The van der Waals surface area contributed by atoms with Gasteiger partial charge in [0.2, 0.25) is 11.9 Å². The average molecular weight is 274 g/mol. The summed E-state index contributed by atoms with van der Waals surface area (Å²) in [5, 5.41) is 7.60. The van der Waals surface area contributed by atoms with Crippen LogP contribution in [0.25, 0.3) is 5.65 Å². The molecule has 20 heavy (non-hydrogen) atoms. The third kappa shape index (κ3) is 2.57. The minimum absolute atomic E-state index is 0.118. The van der Waals surface area contributed by atoms with Gasteiger partial charge in [0, 0.05) is 39.4 Å². The summed E-state index contributed by atoms with van der Waals surface area (Å²) in [4.78, 5) is 20.3. The molecule has 0 spiro atoms. The van der Waals surface area contributed by atoms with E-state index in [9.17, 15) is 4.79 Å². The van der Waals surface area contributed by atoms with Gasteiger partial charge >= 0.3 is 0 Å². The highest BCUT2D eigenvalue weighted by molar-refractivity contribution is 5.81. The van der Waals surface area contributed by atoms with E-state index in [0.29, 0.717) is 12.5 Å². The topological polar surface area (TPSA) is 65.8 Å². The minimum atomic E-state index is 0.118. The molecule has 7 heteroatoms. The number of anilines is 1. The lowest BCUT2D eigenvalue weighted by molar-refractivity contribution is -0.130. The van der Waals surface area contributed by atoms with Crippen molar-refractivity contribution >= 4 is 17.5 Å². The van der Waals surface area contributed by atoms with E-state index in [1.54, 1.807) is 9.42 Å². The highest BCUT2D eigenvalue weighted by Gasteiger charge is 2.19. The largest absolute Gasteiger partial charge is 0.339 e. The third-order valence-corrected chi connectivity index (χ3v) is 3.41. The Labute approximate surface area is 117 Å². The first-order chi connectivity index (χ1) is 9.74. The average Bonchev–Trinajstić information content (AvgIpc) is 2.92. The van der Waals surface area contributed by atoms with E-state index in [4.69, 9.17) is 0 Å². The summed E-state index contributed by atoms with van der Waals surface area (Å²) in [7, 11) is 1.84. The van der Waals surface area contributed by atoms with Gasteiger partial charge in [0.15, 0.2) is 5.65 Å². The van der Waals surface area contributed by atoms with Crippen LogP contribution in [-0.4, -0.2) is 65.2 Å². The predicted molar refractivity (Wildman–Crippen MR) is 75.7 cm³/mol. The van der Waals surface area contributed by atoms with Gasteiger partial charge in [-0.2, -0.15) is 4.98 Å². The molecule has 1 N–H and O–H groups in total. The van der Waals surface area contributed by atoms with Crippen molar-refractivity contribution in [1.29, 1.82) is 0 Å². The van der Waals surface area contributed by atoms with Crippen molar-refractivity contribution in [3.05, 3.63) is 24.4 Å². The second-order valence-corrected chi connectivity index (χ2v) is 4.90. The van der Waals surface area contributed by atoms with E-state index in [-0.39, 0.29) is 5.91 Å². The van der Waals surface area contributed by atoms with Gasteiger partial charge < -0.3 is 15.1 Å². The zero-order chi connectivity index (χ0) is 13.9. The van der Waals surface area contributed by atoms with Crippen LogP contribution in [0.3, 0.4) is 0 Å². The standard InChI is InChI=1S/C13H18N6O/c1-17(10-12(20)18-8-5-14-6-9-18)13-15-11-4-2-3-7-19(11)16-13/h2-4,7,14H,5-6,8-10H2,1H3. The molecule has 1 saturated heterocycles. The molecule has 1 aliphatic rings. The number of piperazine rings is 1. The monoisotopic (exact) mass is 274 g/mol. The quantitative estimate of drug-likeness (QED) is 0.825. The van der Waals surface area contributed by atoms with Gasteiger partial charge in [0.05, 0.1) is 6.54 Å². The molecule has 0 aromatic carbocycles. The normalized spacial score (nSPS) is 15.6. The highest BCUT2D eigenvalue weighted by Crippen LogP contribution is 2.09. The molecule has 2 aromatic heterocycles. The summed E-state index contributed by atoms with van der Waals surface area (Å²) in [6.45, 7) is 3.57. The molecule has 1 fully saturated rings. The number of rotatable bonds is 3. The molecule has 0 atom stereocenters. The van der Waals surface area contributed by atoms with Crippen LogP contribution in [0.2, 0.25) is 0 Å². The molecule has 106 valence electrons. The van der Waals surface area contributed by atoms with Crippen molar-refractivity contribution in [2.45, 2.75) is 0 Å². The van der Waals surface area contributed by atoms with Crippen LogP contribution < -0.4 is 10.2 Å². The Balaban J connectivity index is 1.68. The van der Waals surface area contributed by atoms with Gasteiger partial charge in [-0.05, 0) is 12.1 Å². The Bertz CT molecular complexity index is 571. The van der Waals surface area contributed by atoms with Gasteiger partial charge in [0.25, 0.3) is 0 Å². The van der Waals surface area contributed by atoms with Gasteiger partial charge in [-0.1, -0.05) is 6.07 Å². The molecule has 3 rings (SSSR count). The first-order valence-corrected chi connectivity index (χ1v) is 6.75. The van der Waals surface area contributed by atoms with E-state index >= 15 is 0 Å². The summed E-state index contributed by atoms with van der Waals surface area (Å²) < 4.78 is 1.71. The second kappa shape index (κ2) is 5.46. The fourth-order valence-corrected chi connectivity index (χ4v) is 2.27. The number of hydrogen-bond donors (Lipinski definition) is 1. The lowest BCUT2D eigenvalue weighted by atomic mass is 10.3. The number of fused-ring (bicyclic) bond motifs is 1. The number of carbonyl (C=O) groups is 1. The number of carbonyl (C=O) groups excluding carboxylic acids is 1. The van der Waals surface area contributed by atoms with Crippen molar-refractivity contribution in [1.82, 2.24) is 24.8 Å². The molecule has 1 amide bonds. The molecule has 0 bridgehead atoms. The van der Waals surface area contributed by atoms with Crippen LogP contribution in [0.4, 0.5) is 5.95 Å². The van der Waals surface area contributed by atoms with Gasteiger partial charge in [-0.15, -0.1) is 5.10 Å². The van der Waals surface area contributed by atoms with E-state index in [1.807, 2.05) is 36.3 Å². The molecule has 1 aliphatic heterocycles. The smallest absolute Gasteiger partial charge is 0.245 e. The van der Waals surface area contributed by atoms with E-state index < -0.39 is 0 Å². The Kier molecular flexibility index (Phi) is 3.51. The Hall–Kier alpha value is -2.15. The number of pyridine rings is 1. The van der Waals surface area contributed by atoms with Crippen LogP contribution in [0, 0.1) is 0 Å². The molecular formula is C13H18N6O. The van der Waals surface area contributed by atoms with Crippen LogP contribution >= 0.6 is 0 Å². The maximum atomic E-state index is 12.2. The molecule has 7 nitrogen and oxygen atoms in total. The molecule has 0 radical (unpaired) electrons. The zero-order valence-corrected chi connectivity index (χ0v) is 11.5. The van der Waals surface area contributed by atoms with Gasteiger partial charge in [-0.25, -0.2) is 4.52 Å². The van der Waals surface area contributed by atoms with Crippen molar-refractivity contribution in [2.24, 2.45) is 0 Å². The Morgan fingerprint density at radius 2 is 2.20 bits per heavy atom. The minimum Gasteiger partial charge on any atom is -0.339 e. The molecular weight excluding hydrogens is 256 g/mol. The van der Waals surface area contributed by atoms with Crippen LogP contribution in [-0.2, 0) is 4.79 Å². The van der Waals surface area contributed by atoms with Gasteiger partial charge in [-0.3, -0.25) is 4.79 Å². The van der Waals surface area contributed by atoms with Crippen molar-refractivity contribution in [3.8, 4) is 0 Å². The van der Waals surface area contributed by atoms with E-state index in [1.165, 1.54) is 0 Å². The number of nitrogens with zero attached hydrogens (tertiary/aromatic N) is 5. The SMILES string of the molecule is CN(CC(=O)N1CCNCC1)c1nc2ccccn2n1. The fourth-order valence-electron chi connectivity index (χ4n) is 2.27. The summed E-state index contributed by atoms with van der Waals surface area (Å²) in [6, 6.07) is 5.71. The predicted octanol–water partition coefficient (Wildman–Crippen LogP) is -0.403. The van der Waals surface area contributed by atoms with Gasteiger partial charge in [0.1, 0.15) is 0 Å². The maximum Gasteiger partial charge on any atom is 0.245 e. The van der Waals surface area contributed by atoms with Crippen LogP contribution in [0.15, 0.2) is 24.4 Å². The van der Waals surface area contributed by atoms with Crippen molar-refractivity contribution in [2.75, 3.05) is 44.7 Å². The first kappa shape index (κ1) is 12.9. The Morgan fingerprint density at radius 1 is 1.40 bits per heavy atom. The first-order valence-electron chi connectivity index (χ1n) is 6.75. The molecule has 2 aromatic rings. The Morgan fingerprint density at radius 3 is 2.95 bits per heavy atom.